The lowest BCUT2D eigenvalue weighted by molar-refractivity contribution is 0.208. The number of rotatable bonds is 4. The number of benzene rings is 2. The van der Waals surface area contributed by atoms with Crippen LogP contribution >= 0.6 is 0 Å². The maximum absolute atomic E-state index is 12.7. The van der Waals surface area contributed by atoms with Crippen molar-refractivity contribution in [3.05, 3.63) is 54.1 Å². The second-order valence-corrected chi connectivity index (χ2v) is 8.64. The predicted molar refractivity (Wildman–Crippen MR) is 125 cm³/mol. The fourth-order valence-corrected chi connectivity index (χ4v) is 4.35. The summed E-state index contributed by atoms with van der Waals surface area (Å²) in [7, 11) is 4.29. The molecule has 160 valence electrons. The highest BCUT2D eigenvalue weighted by Gasteiger charge is 2.24. The van der Waals surface area contributed by atoms with Crippen molar-refractivity contribution >= 4 is 23.1 Å². The summed E-state index contributed by atoms with van der Waals surface area (Å²) >= 11 is 0. The van der Waals surface area contributed by atoms with Crippen molar-refractivity contribution in [2.45, 2.75) is 19.4 Å². The fraction of sp³-hybridized carbons (Fsp3) is 0.458. The Morgan fingerprint density at radius 2 is 1.67 bits per heavy atom. The number of aryl methyl sites for hydroxylation is 1. The van der Waals surface area contributed by atoms with Crippen LogP contribution < -0.4 is 15.1 Å². The molecule has 2 aromatic carbocycles. The van der Waals surface area contributed by atoms with Crippen LogP contribution in [0.2, 0.25) is 0 Å². The molecule has 0 radical (unpaired) electrons. The lowest BCUT2D eigenvalue weighted by Gasteiger charge is -2.36. The number of carbonyl (C=O) groups excluding carboxylic acids is 1. The average Bonchev–Trinajstić information content (AvgIpc) is 3.25. The molecule has 2 aromatic rings. The zero-order valence-corrected chi connectivity index (χ0v) is 18.3. The first-order valence-corrected chi connectivity index (χ1v) is 10.9. The molecule has 1 unspecified atom stereocenters. The van der Waals surface area contributed by atoms with Crippen LogP contribution in [0.5, 0.6) is 0 Å². The molecule has 6 nitrogen and oxygen atoms in total. The second-order valence-electron chi connectivity index (χ2n) is 8.64. The number of amides is 2. The van der Waals surface area contributed by atoms with E-state index in [-0.39, 0.29) is 6.03 Å². The van der Waals surface area contributed by atoms with Gasteiger partial charge in [0.15, 0.2) is 0 Å². The molecule has 30 heavy (non-hydrogen) atoms. The lowest BCUT2D eigenvalue weighted by atomic mass is 10.2. The van der Waals surface area contributed by atoms with Gasteiger partial charge in [0, 0.05) is 62.4 Å². The molecule has 1 N–H and O–H groups in total. The molecule has 0 spiro atoms. The number of nitrogens with zero attached hydrogens (tertiary/aromatic N) is 4. The third kappa shape index (κ3) is 4.70. The highest BCUT2D eigenvalue weighted by Crippen LogP contribution is 2.24. The van der Waals surface area contributed by atoms with Crippen LogP contribution in [0.1, 0.15) is 12.0 Å². The summed E-state index contributed by atoms with van der Waals surface area (Å²) in [6, 6.07) is 17.4. The standard InChI is InChI=1S/C24H33N5O/c1-19-5-4-6-22(17-19)27-13-15-28(16-14-27)24(30)25-20-7-9-21(10-8-20)29-12-11-23(18-29)26(2)3/h4-10,17,23H,11-16,18H2,1-3H3,(H,25,30). The third-order valence-electron chi connectivity index (χ3n) is 6.31. The Morgan fingerprint density at radius 3 is 2.30 bits per heavy atom. The van der Waals surface area contributed by atoms with Gasteiger partial charge in [-0.15, -0.1) is 0 Å². The Hall–Kier alpha value is -2.73. The summed E-state index contributed by atoms with van der Waals surface area (Å²) in [5, 5.41) is 3.06. The highest BCUT2D eigenvalue weighted by molar-refractivity contribution is 5.89. The molecular formula is C24H33N5O. The van der Waals surface area contributed by atoms with E-state index >= 15 is 0 Å². The normalized spacial score (nSPS) is 19.5. The highest BCUT2D eigenvalue weighted by atomic mass is 16.2. The van der Waals surface area contributed by atoms with Gasteiger partial charge in [-0.25, -0.2) is 4.79 Å². The average molecular weight is 408 g/mol. The summed E-state index contributed by atoms with van der Waals surface area (Å²) < 4.78 is 0. The minimum Gasteiger partial charge on any atom is -0.370 e. The van der Waals surface area contributed by atoms with E-state index in [1.165, 1.54) is 23.4 Å². The molecule has 2 saturated heterocycles. The minimum absolute atomic E-state index is 0.0134. The number of hydrogen-bond donors (Lipinski definition) is 1. The Labute approximate surface area is 180 Å². The van der Waals surface area contributed by atoms with Crippen LogP contribution in [0.3, 0.4) is 0 Å². The summed E-state index contributed by atoms with van der Waals surface area (Å²) in [5.74, 6) is 0. The minimum atomic E-state index is -0.0134. The number of hydrogen-bond acceptors (Lipinski definition) is 4. The van der Waals surface area contributed by atoms with Gasteiger partial charge >= 0.3 is 6.03 Å². The van der Waals surface area contributed by atoms with Gasteiger partial charge in [-0.2, -0.15) is 0 Å². The van der Waals surface area contributed by atoms with Gasteiger partial charge in [-0.3, -0.25) is 0 Å². The van der Waals surface area contributed by atoms with E-state index < -0.39 is 0 Å². The van der Waals surface area contributed by atoms with Crippen LogP contribution in [-0.4, -0.2) is 75.2 Å². The van der Waals surface area contributed by atoms with Crippen LogP contribution in [-0.2, 0) is 0 Å². The first-order valence-electron chi connectivity index (χ1n) is 10.9. The molecule has 4 rings (SSSR count). The van der Waals surface area contributed by atoms with Gasteiger partial charge in [0.05, 0.1) is 0 Å². The van der Waals surface area contributed by atoms with Crippen molar-refractivity contribution in [3.63, 3.8) is 0 Å². The molecular weight excluding hydrogens is 374 g/mol. The molecule has 2 aliphatic rings. The Bertz CT molecular complexity index is 858. The number of anilines is 3. The van der Waals surface area contributed by atoms with Crippen LogP contribution in [0.15, 0.2) is 48.5 Å². The van der Waals surface area contributed by atoms with E-state index in [4.69, 9.17) is 0 Å². The topological polar surface area (TPSA) is 42.1 Å². The van der Waals surface area contributed by atoms with Gasteiger partial charge in [0.25, 0.3) is 0 Å². The van der Waals surface area contributed by atoms with E-state index in [9.17, 15) is 4.79 Å². The maximum atomic E-state index is 12.7. The lowest BCUT2D eigenvalue weighted by Crippen LogP contribution is -2.50. The number of piperazine rings is 1. The van der Waals surface area contributed by atoms with Crippen molar-refractivity contribution in [1.82, 2.24) is 9.80 Å². The zero-order valence-electron chi connectivity index (χ0n) is 18.3. The Balaban J connectivity index is 1.28. The number of nitrogens with one attached hydrogen (secondary N) is 1. The van der Waals surface area contributed by atoms with E-state index in [0.717, 1.165) is 45.0 Å². The molecule has 0 aromatic heterocycles. The zero-order chi connectivity index (χ0) is 21.1. The predicted octanol–water partition coefficient (Wildman–Crippen LogP) is 3.49. The van der Waals surface area contributed by atoms with Crippen molar-refractivity contribution in [3.8, 4) is 0 Å². The molecule has 2 fully saturated rings. The number of likely N-dealkylation sites (N-methyl/N-ethyl adjacent to an activating group) is 1. The van der Waals surface area contributed by atoms with E-state index in [2.05, 4.69) is 77.4 Å². The maximum Gasteiger partial charge on any atom is 0.321 e. The number of carbonyl (C=O) groups is 1. The van der Waals surface area contributed by atoms with Crippen LogP contribution in [0.4, 0.5) is 21.9 Å². The molecule has 2 amide bonds. The summed E-state index contributed by atoms with van der Waals surface area (Å²) in [6.45, 7) is 7.44. The molecule has 2 aliphatic heterocycles. The van der Waals surface area contributed by atoms with Crippen LogP contribution in [0.25, 0.3) is 0 Å². The third-order valence-corrected chi connectivity index (χ3v) is 6.31. The quantitative estimate of drug-likeness (QED) is 0.843. The van der Waals surface area contributed by atoms with Crippen molar-refractivity contribution in [1.29, 1.82) is 0 Å². The summed E-state index contributed by atoms with van der Waals surface area (Å²) in [4.78, 5) is 21.7. The largest absolute Gasteiger partial charge is 0.370 e. The van der Waals surface area contributed by atoms with E-state index in [1.54, 1.807) is 0 Å². The smallest absolute Gasteiger partial charge is 0.321 e. The van der Waals surface area contributed by atoms with Crippen molar-refractivity contribution in [2.75, 3.05) is 68.5 Å². The van der Waals surface area contributed by atoms with E-state index in [1.807, 2.05) is 17.0 Å². The molecule has 6 heteroatoms. The Kier molecular flexibility index (Phi) is 6.13. The van der Waals surface area contributed by atoms with Crippen LogP contribution in [0, 0.1) is 6.92 Å². The van der Waals surface area contributed by atoms with Gasteiger partial charge < -0.3 is 24.9 Å². The van der Waals surface area contributed by atoms with E-state index in [0.29, 0.717) is 6.04 Å². The van der Waals surface area contributed by atoms with Gasteiger partial charge in [0.1, 0.15) is 0 Å². The van der Waals surface area contributed by atoms with Gasteiger partial charge in [-0.05, 0) is 69.4 Å². The Morgan fingerprint density at radius 1 is 0.933 bits per heavy atom. The first kappa shape index (κ1) is 20.5. The number of urea groups is 1. The second kappa shape index (κ2) is 8.96. The molecule has 0 aliphatic carbocycles. The summed E-state index contributed by atoms with van der Waals surface area (Å²) in [5.41, 5.74) is 4.59. The fourth-order valence-electron chi connectivity index (χ4n) is 4.35. The van der Waals surface area contributed by atoms with Gasteiger partial charge in [-0.1, -0.05) is 12.1 Å². The molecule has 2 heterocycles. The SMILES string of the molecule is Cc1cccc(N2CCN(C(=O)Nc3ccc(N4CCC(N(C)C)C4)cc3)CC2)c1. The molecule has 1 atom stereocenters. The molecule has 0 bridgehead atoms. The first-order chi connectivity index (χ1) is 14.5. The molecule has 0 saturated carbocycles. The summed E-state index contributed by atoms with van der Waals surface area (Å²) in [6.07, 6.45) is 1.19. The van der Waals surface area contributed by atoms with Crippen molar-refractivity contribution < 1.29 is 4.79 Å². The van der Waals surface area contributed by atoms with Gasteiger partial charge in [0.2, 0.25) is 0 Å². The monoisotopic (exact) mass is 407 g/mol. The van der Waals surface area contributed by atoms with Crippen molar-refractivity contribution in [2.24, 2.45) is 0 Å².